The van der Waals surface area contributed by atoms with Crippen LogP contribution in [0, 0.1) is 0 Å². The van der Waals surface area contributed by atoms with Crippen LogP contribution in [0.3, 0.4) is 0 Å². The van der Waals surface area contributed by atoms with Crippen LogP contribution < -0.4 is 10.6 Å². The predicted molar refractivity (Wildman–Crippen MR) is 76.5 cm³/mol. The molecule has 0 aromatic rings. The van der Waals surface area contributed by atoms with Crippen LogP contribution in [-0.4, -0.2) is 34.6 Å². The molecule has 20 heavy (non-hydrogen) atoms. The standard InChI is InChI=1S/C15H26N2O3/c1-2-7-14(10-6-11-16-14)12(18)17-15(13(19)20)8-4-3-5-9-15/h16H,2-11H2,1H3,(H,17,18)(H,19,20). The Morgan fingerprint density at radius 1 is 1.15 bits per heavy atom. The molecule has 1 saturated heterocycles. The van der Waals surface area contributed by atoms with E-state index in [0.717, 1.165) is 51.5 Å². The van der Waals surface area contributed by atoms with Crippen molar-refractivity contribution in [3.63, 3.8) is 0 Å². The lowest BCUT2D eigenvalue weighted by Gasteiger charge is -2.38. The van der Waals surface area contributed by atoms with Gasteiger partial charge in [0, 0.05) is 0 Å². The van der Waals surface area contributed by atoms with Crippen LogP contribution >= 0.6 is 0 Å². The number of nitrogens with one attached hydrogen (secondary N) is 2. The highest BCUT2D eigenvalue weighted by atomic mass is 16.4. The first-order valence-corrected chi connectivity index (χ1v) is 7.86. The lowest BCUT2D eigenvalue weighted by Crippen LogP contribution is -2.63. The summed E-state index contributed by atoms with van der Waals surface area (Å²) in [6.45, 7) is 2.90. The van der Waals surface area contributed by atoms with Crippen molar-refractivity contribution in [2.45, 2.75) is 75.8 Å². The smallest absolute Gasteiger partial charge is 0.329 e. The van der Waals surface area contributed by atoms with Gasteiger partial charge in [0.2, 0.25) is 5.91 Å². The zero-order valence-corrected chi connectivity index (χ0v) is 12.3. The highest BCUT2D eigenvalue weighted by Gasteiger charge is 2.47. The van der Waals surface area contributed by atoms with Gasteiger partial charge in [-0.1, -0.05) is 32.6 Å². The molecule has 0 spiro atoms. The number of rotatable bonds is 5. The topological polar surface area (TPSA) is 78.4 Å². The van der Waals surface area contributed by atoms with Crippen molar-refractivity contribution in [2.24, 2.45) is 0 Å². The first-order valence-electron chi connectivity index (χ1n) is 7.86. The summed E-state index contributed by atoms with van der Waals surface area (Å²) in [6.07, 6.45) is 7.39. The number of carbonyl (C=O) groups is 2. The van der Waals surface area contributed by atoms with Crippen molar-refractivity contribution in [3.8, 4) is 0 Å². The van der Waals surface area contributed by atoms with E-state index < -0.39 is 17.0 Å². The van der Waals surface area contributed by atoms with Crippen molar-refractivity contribution < 1.29 is 14.7 Å². The van der Waals surface area contributed by atoms with Crippen molar-refractivity contribution >= 4 is 11.9 Å². The predicted octanol–water partition coefficient (Wildman–Crippen LogP) is 1.81. The van der Waals surface area contributed by atoms with Crippen molar-refractivity contribution in [3.05, 3.63) is 0 Å². The van der Waals surface area contributed by atoms with Gasteiger partial charge in [-0.15, -0.1) is 0 Å². The number of carbonyl (C=O) groups excluding carboxylic acids is 1. The fourth-order valence-electron chi connectivity index (χ4n) is 3.64. The van der Waals surface area contributed by atoms with E-state index in [2.05, 4.69) is 17.6 Å². The summed E-state index contributed by atoms with van der Waals surface area (Å²) >= 11 is 0. The van der Waals surface area contributed by atoms with E-state index in [1.54, 1.807) is 0 Å². The van der Waals surface area contributed by atoms with E-state index >= 15 is 0 Å². The second-order valence-corrected chi connectivity index (χ2v) is 6.26. The van der Waals surface area contributed by atoms with Gasteiger partial charge >= 0.3 is 5.97 Å². The normalized spacial score (nSPS) is 29.1. The number of aliphatic carboxylic acids is 1. The van der Waals surface area contributed by atoms with Crippen LogP contribution in [0.2, 0.25) is 0 Å². The van der Waals surface area contributed by atoms with Crippen LogP contribution in [0.15, 0.2) is 0 Å². The van der Waals surface area contributed by atoms with E-state index in [0.29, 0.717) is 12.8 Å². The Hall–Kier alpha value is -1.10. The SMILES string of the molecule is CCCC1(C(=O)NC2(C(=O)O)CCCCC2)CCCN1. The van der Waals surface area contributed by atoms with Crippen molar-refractivity contribution in [2.75, 3.05) is 6.54 Å². The average molecular weight is 282 g/mol. The van der Waals surface area contributed by atoms with Gasteiger partial charge in [0.15, 0.2) is 0 Å². The summed E-state index contributed by atoms with van der Waals surface area (Å²) in [7, 11) is 0. The van der Waals surface area contributed by atoms with Gasteiger partial charge in [-0.25, -0.2) is 4.79 Å². The minimum Gasteiger partial charge on any atom is -0.480 e. The monoisotopic (exact) mass is 282 g/mol. The van der Waals surface area contributed by atoms with Gasteiger partial charge in [-0.05, 0) is 38.6 Å². The fraction of sp³-hybridized carbons (Fsp3) is 0.867. The van der Waals surface area contributed by atoms with Gasteiger partial charge in [-0.3, -0.25) is 4.79 Å². The van der Waals surface area contributed by atoms with E-state index in [-0.39, 0.29) is 5.91 Å². The Bertz CT molecular complexity index is 369. The summed E-state index contributed by atoms with van der Waals surface area (Å²) in [5, 5.41) is 15.8. The van der Waals surface area contributed by atoms with Crippen LogP contribution in [0.25, 0.3) is 0 Å². The lowest BCUT2D eigenvalue weighted by atomic mass is 9.80. The number of amides is 1. The summed E-state index contributed by atoms with van der Waals surface area (Å²) in [4.78, 5) is 24.4. The lowest BCUT2D eigenvalue weighted by molar-refractivity contribution is -0.150. The Morgan fingerprint density at radius 3 is 2.35 bits per heavy atom. The molecule has 114 valence electrons. The highest BCUT2D eigenvalue weighted by molar-refractivity contribution is 5.92. The molecule has 1 amide bonds. The number of hydrogen-bond donors (Lipinski definition) is 3. The summed E-state index contributed by atoms with van der Waals surface area (Å²) < 4.78 is 0. The molecule has 1 aliphatic carbocycles. The molecule has 1 unspecified atom stereocenters. The number of hydrogen-bond acceptors (Lipinski definition) is 3. The van der Waals surface area contributed by atoms with Gasteiger partial charge in [0.05, 0.1) is 5.54 Å². The third-order valence-electron chi connectivity index (χ3n) is 4.82. The maximum Gasteiger partial charge on any atom is 0.329 e. The molecule has 0 radical (unpaired) electrons. The Labute approximate surface area is 120 Å². The van der Waals surface area contributed by atoms with E-state index in [4.69, 9.17) is 0 Å². The van der Waals surface area contributed by atoms with E-state index in [1.807, 2.05) is 0 Å². The summed E-state index contributed by atoms with van der Waals surface area (Å²) in [5.41, 5.74) is -1.59. The van der Waals surface area contributed by atoms with Gasteiger partial charge in [-0.2, -0.15) is 0 Å². The largest absolute Gasteiger partial charge is 0.480 e. The molecule has 1 heterocycles. The molecule has 0 aromatic carbocycles. The van der Waals surface area contributed by atoms with Gasteiger partial charge in [0.25, 0.3) is 0 Å². The Balaban J connectivity index is 2.13. The molecule has 0 bridgehead atoms. The molecule has 1 atom stereocenters. The summed E-state index contributed by atoms with van der Waals surface area (Å²) in [6, 6.07) is 0. The third-order valence-corrected chi connectivity index (χ3v) is 4.82. The first-order chi connectivity index (χ1) is 9.55. The Morgan fingerprint density at radius 2 is 1.85 bits per heavy atom. The maximum atomic E-state index is 12.7. The molecule has 1 saturated carbocycles. The molecule has 1 aliphatic heterocycles. The van der Waals surface area contributed by atoms with Gasteiger partial charge in [0.1, 0.15) is 5.54 Å². The minimum absolute atomic E-state index is 0.110. The molecular weight excluding hydrogens is 256 g/mol. The van der Waals surface area contributed by atoms with Crippen LogP contribution in [0.5, 0.6) is 0 Å². The number of carboxylic acids is 1. The minimum atomic E-state index is -1.04. The molecule has 5 nitrogen and oxygen atoms in total. The second-order valence-electron chi connectivity index (χ2n) is 6.26. The average Bonchev–Trinajstić information content (AvgIpc) is 2.90. The van der Waals surface area contributed by atoms with Crippen LogP contribution in [0.4, 0.5) is 0 Å². The zero-order chi connectivity index (χ0) is 14.6. The number of carboxylic acid groups (broad SMARTS) is 1. The highest BCUT2D eigenvalue weighted by Crippen LogP contribution is 2.31. The quantitative estimate of drug-likeness (QED) is 0.718. The third kappa shape index (κ3) is 2.82. The van der Waals surface area contributed by atoms with Crippen LogP contribution in [-0.2, 0) is 9.59 Å². The fourth-order valence-corrected chi connectivity index (χ4v) is 3.64. The molecular formula is C15H26N2O3. The molecule has 2 rings (SSSR count). The van der Waals surface area contributed by atoms with Crippen molar-refractivity contribution in [1.82, 2.24) is 10.6 Å². The molecule has 0 aromatic heterocycles. The van der Waals surface area contributed by atoms with E-state index in [9.17, 15) is 14.7 Å². The second kappa shape index (κ2) is 6.12. The van der Waals surface area contributed by atoms with Crippen LogP contribution in [0.1, 0.15) is 64.7 Å². The molecule has 2 fully saturated rings. The maximum absolute atomic E-state index is 12.7. The van der Waals surface area contributed by atoms with E-state index in [1.165, 1.54) is 0 Å². The van der Waals surface area contributed by atoms with Crippen molar-refractivity contribution in [1.29, 1.82) is 0 Å². The molecule has 3 N–H and O–H groups in total. The summed E-state index contributed by atoms with van der Waals surface area (Å²) in [5.74, 6) is -0.989. The van der Waals surface area contributed by atoms with Gasteiger partial charge < -0.3 is 15.7 Å². The first kappa shape index (κ1) is 15.3. The zero-order valence-electron chi connectivity index (χ0n) is 12.3. The Kier molecular flexibility index (Phi) is 4.68. The molecule has 2 aliphatic rings. The molecule has 5 heteroatoms.